The molecule has 0 atom stereocenters. The maximum absolute atomic E-state index is 12.7. The quantitative estimate of drug-likeness (QED) is 0.528. The van der Waals surface area contributed by atoms with E-state index in [0.29, 0.717) is 23.5 Å². The Morgan fingerprint density at radius 3 is 2.66 bits per heavy atom. The van der Waals surface area contributed by atoms with E-state index in [4.69, 9.17) is 0 Å². The minimum Gasteiger partial charge on any atom is -0.352 e. The first-order valence-corrected chi connectivity index (χ1v) is 9.84. The molecule has 148 valence electrons. The summed E-state index contributed by atoms with van der Waals surface area (Å²) >= 11 is 0. The second kappa shape index (κ2) is 7.91. The van der Waals surface area contributed by atoms with E-state index in [1.54, 1.807) is 0 Å². The third kappa shape index (κ3) is 3.92. The number of carbonyl (C=O) groups excluding carboxylic acids is 1. The fourth-order valence-electron chi connectivity index (χ4n) is 3.43. The van der Waals surface area contributed by atoms with Crippen LogP contribution in [0, 0.1) is 0 Å². The van der Waals surface area contributed by atoms with Crippen molar-refractivity contribution < 1.29 is 4.79 Å². The van der Waals surface area contributed by atoms with E-state index >= 15 is 0 Å². The molecule has 2 N–H and O–H groups in total. The number of para-hydroxylation sites is 1. The lowest BCUT2D eigenvalue weighted by atomic mass is 10.0. The molecule has 0 spiro atoms. The molecule has 0 radical (unpaired) electrons. The third-order valence-corrected chi connectivity index (χ3v) is 5.20. The average Bonchev–Trinajstić information content (AvgIpc) is 3.12. The van der Waals surface area contributed by atoms with Crippen molar-refractivity contribution in [2.75, 3.05) is 0 Å². The van der Waals surface area contributed by atoms with Gasteiger partial charge in [-0.05, 0) is 23.1 Å². The molecule has 2 aromatic carbocycles. The number of aromatic amines is 1. The Morgan fingerprint density at radius 2 is 1.90 bits per heavy atom. The van der Waals surface area contributed by atoms with E-state index in [2.05, 4.69) is 41.3 Å². The van der Waals surface area contributed by atoms with Crippen LogP contribution in [0.4, 0.5) is 0 Å². The summed E-state index contributed by atoms with van der Waals surface area (Å²) in [6.45, 7) is 5.07. The van der Waals surface area contributed by atoms with Crippen LogP contribution in [0.15, 0.2) is 59.7 Å². The molecule has 6 nitrogen and oxygen atoms in total. The molecular weight excluding hydrogens is 364 g/mol. The zero-order valence-electron chi connectivity index (χ0n) is 16.6. The van der Waals surface area contributed by atoms with Gasteiger partial charge >= 0.3 is 0 Å². The number of rotatable bonds is 6. The minimum absolute atomic E-state index is 0.0958. The van der Waals surface area contributed by atoms with Crippen LogP contribution in [-0.2, 0) is 17.9 Å². The second-order valence-electron chi connectivity index (χ2n) is 7.56. The summed E-state index contributed by atoms with van der Waals surface area (Å²) in [5, 5.41) is 3.84. The Bertz CT molecular complexity index is 1220. The number of fused-ring (bicyclic) bond motifs is 3. The molecule has 0 saturated carbocycles. The average molecular weight is 388 g/mol. The molecular formula is C23H24N4O2. The number of amides is 1. The van der Waals surface area contributed by atoms with Crippen LogP contribution in [0.25, 0.3) is 21.9 Å². The zero-order chi connectivity index (χ0) is 20.4. The molecule has 0 aliphatic rings. The number of H-pyrrole nitrogens is 1. The molecule has 2 heterocycles. The molecule has 0 saturated heterocycles. The maximum Gasteiger partial charge on any atom is 0.277 e. The number of carbonyl (C=O) groups is 1. The van der Waals surface area contributed by atoms with Gasteiger partial charge in [0.2, 0.25) is 5.91 Å². The predicted octanol–water partition coefficient (Wildman–Crippen LogP) is 3.71. The van der Waals surface area contributed by atoms with Crippen molar-refractivity contribution >= 4 is 27.8 Å². The topological polar surface area (TPSA) is 79.8 Å². The fraction of sp³-hybridized carbons (Fsp3) is 0.261. The van der Waals surface area contributed by atoms with Crippen molar-refractivity contribution in [1.82, 2.24) is 19.9 Å². The standard InChI is InChI=1S/C23H24N4O2/c1-15(2)17-9-7-16(8-10-17)13-24-20(28)11-12-27-14-25-21-18-5-3-4-6-19(18)26-22(21)23(27)29/h3-10,14-15,26H,11-13H2,1-2H3,(H,24,28). The van der Waals surface area contributed by atoms with Gasteiger partial charge in [0, 0.05) is 30.4 Å². The molecule has 0 aliphatic heterocycles. The first-order chi connectivity index (χ1) is 14.0. The van der Waals surface area contributed by atoms with Gasteiger partial charge in [-0.1, -0.05) is 56.3 Å². The number of benzene rings is 2. The van der Waals surface area contributed by atoms with Crippen molar-refractivity contribution in [3.05, 3.63) is 76.3 Å². The maximum atomic E-state index is 12.7. The fourth-order valence-corrected chi connectivity index (χ4v) is 3.43. The Hall–Kier alpha value is -3.41. The first-order valence-electron chi connectivity index (χ1n) is 9.84. The van der Waals surface area contributed by atoms with E-state index in [1.807, 2.05) is 36.4 Å². The van der Waals surface area contributed by atoms with Gasteiger partial charge in [0.15, 0.2) is 0 Å². The van der Waals surface area contributed by atoms with Crippen LogP contribution >= 0.6 is 0 Å². The first kappa shape index (κ1) is 18.9. The monoisotopic (exact) mass is 388 g/mol. The molecule has 0 fully saturated rings. The highest BCUT2D eigenvalue weighted by atomic mass is 16.1. The third-order valence-electron chi connectivity index (χ3n) is 5.20. The van der Waals surface area contributed by atoms with Gasteiger partial charge in [0.1, 0.15) is 11.0 Å². The van der Waals surface area contributed by atoms with Crippen LogP contribution in [0.1, 0.15) is 37.3 Å². The van der Waals surface area contributed by atoms with Gasteiger partial charge in [-0.25, -0.2) is 4.98 Å². The highest BCUT2D eigenvalue weighted by Gasteiger charge is 2.11. The number of nitrogens with zero attached hydrogens (tertiary/aromatic N) is 2. The molecule has 4 rings (SSSR count). The normalized spacial score (nSPS) is 11.4. The van der Waals surface area contributed by atoms with E-state index in [1.165, 1.54) is 16.5 Å². The highest BCUT2D eigenvalue weighted by Crippen LogP contribution is 2.20. The molecule has 4 aromatic rings. The number of aromatic nitrogens is 3. The summed E-state index contributed by atoms with van der Waals surface area (Å²) in [7, 11) is 0. The lowest BCUT2D eigenvalue weighted by Gasteiger charge is -2.09. The van der Waals surface area contributed by atoms with Gasteiger partial charge in [-0.2, -0.15) is 0 Å². The van der Waals surface area contributed by atoms with Crippen LogP contribution in [0.2, 0.25) is 0 Å². The van der Waals surface area contributed by atoms with Crippen molar-refractivity contribution in [2.24, 2.45) is 0 Å². The van der Waals surface area contributed by atoms with Crippen molar-refractivity contribution in [2.45, 2.75) is 39.3 Å². The van der Waals surface area contributed by atoms with Gasteiger partial charge in [0.25, 0.3) is 5.56 Å². The van der Waals surface area contributed by atoms with Gasteiger partial charge in [-0.15, -0.1) is 0 Å². The lowest BCUT2D eigenvalue weighted by molar-refractivity contribution is -0.121. The van der Waals surface area contributed by atoms with Gasteiger partial charge in [-0.3, -0.25) is 14.2 Å². The number of hydrogen-bond acceptors (Lipinski definition) is 3. The number of nitrogens with one attached hydrogen (secondary N) is 2. The number of aryl methyl sites for hydroxylation is 1. The summed E-state index contributed by atoms with van der Waals surface area (Å²) in [4.78, 5) is 32.5. The number of hydrogen-bond donors (Lipinski definition) is 2. The summed E-state index contributed by atoms with van der Waals surface area (Å²) in [5.41, 5.74) is 4.19. The molecule has 6 heteroatoms. The Morgan fingerprint density at radius 1 is 1.14 bits per heavy atom. The van der Waals surface area contributed by atoms with Crippen LogP contribution < -0.4 is 10.9 Å². The summed E-state index contributed by atoms with van der Waals surface area (Å²) in [6.07, 6.45) is 1.74. The van der Waals surface area contributed by atoms with E-state index in [0.717, 1.165) is 16.5 Å². The minimum atomic E-state index is -0.164. The van der Waals surface area contributed by atoms with Crippen molar-refractivity contribution in [3.8, 4) is 0 Å². The molecule has 0 unspecified atom stereocenters. The molecule has 29 heavy (non-hydrogen) atoms. The Kier molecular flexibility index (Phi) is 5.16. The Balaban J connectivity index is 1.40. The van der Waals surface area contributed by atoms with Crippen molar-refractivity contribution in [3.63, 3.8) is 0 Å². The molecule has 0 aliphatic carbocycles. The zero-order valence-corrected chi connectivity index (χ0v) is 16.6. The summed E-state index contributed by atoms with van der Waals surface area (Å²) in [5.74, 6) is 0.391. The molecule has 1 amide bonds. The smallest absolute Gasteiger partial charge is 0.277 e. The highest BCUT2D eigenvalue weighted by molar-refractivity contribution is 6.04. The van der Waals surface area contributed by atoms with E-state index in [-0.39, 0.29) is 24.4 Å². The van der Waals surface area contributed by atoms with E-state index in [9.17, 15) is 9.59 Å². The van der Waals surface area contributed by atoms with Gasteiger partial charge in [0.05, 0.1) is 6.33 Å². The second-order valence-corrected chi connectivity index (χ2v) is 7.56. The largest absolute Gasteiger partial charge is 0.352 e. The van der Waals surface area contributed by atoms with Crippen LogP contribution in [0.3, 0.4) is 0 Å². The molecule has 0 bridgehead atoms. The van der Waals surface area contributed by atoms with Gasteiger partial charge < -0.3 is 10.3 Å². The summed E-state index contributed by atoms with van der Waals surface area (Å²) < 4.78 is 1.48. The molecule has 2 aromatic heterocycles. The van der Waals surface area contributed by atoms with Crippen molar-refractivity contribution in [1.29, 1.82) is 0 Å². The summed E-state index contributed by atoms with van der Waals surface area (Å²) in [6, 6.07) is 15.9. The van der Waals surface area contributed by atoms with Crippen LogP contribution in [-0.4, -0.2) is 20.4 Å². The van der Waals surface area contributed by atoms with E-state index < -0.39 is 0 Å². The Labute approximate surface area is 168 Å². The SMILES string of the molecule is CC(C)c1ccc(CNC(=O)CCn2cnc3c([nH]c4ccccc43)c2=O)cc1. The predicted molar refractivity (Wildman–Crippen MR) is 115 cm³/mol. The lowest BCUT2D eigenvalue weighted by Crippen LogP contribution is -2.27. The van der Waals surface area contributed by atoms with Crippen LogP contribution in [0.5, 0.6) is 0 Å².